The minimum atomic E-state index is -0.204. The first-order chi connectivity index (χ1) is 11.1. The number of ether oxygens (including phenoxy) is 1. The third-order valence-electron chi connectivity index (χ3n) is 3.04. The first kappa shape index (κ1) is 15.7. The molecule has 5 nitrogen and oxygen atoms in total. The lowest BCUT2D eigenvalue weighted by atomic mass is 10.1. The van der Waals surface area contributed by atoms with Crippen LogP contribution in [0.3, 0.4) is 0 Å². The van der Waals surface area contributed by atoms with Gasteiger partial charge in [-0.25, -0.2) is 10.5 Å². The third kappa shape index (κ3) is 3.98. The van der Waals surface area contributed by atoms with E-state index in [2.05, 4.69) is 15.3 Å². The summed E-state index contributed by atoms with van der Waals surface area (Å²) in [6, 6.07) is 12.8. The number of carbonyl (C=O) groups is 1. The molecule has 0 atom stereocenters. The van der Waals surface area contributed by atoms with Crippen molar-refractivity contribution in [3.05, 3.63) is 53.1 Å². The Kier molecular flexibility index (Phi) is 4.76. The second kappa shape index (κ2) is 6.95. The predicted molar refractivity (Wildman–Crippen MR) is 90.0 cm³/mol. The maximum atomic E-state index is 11.4. The molecule has 0 aliphatic carbocycles. The summed E-state index contributed by atoms with van der Waals surface area (Å²) in [5.74, 6) is 0.454. The molecule has 23 heavy (non-hydrogen) atoms. The van der Waals surface area contributed by atoms with E-state index in [1.54, 1.807) is 18.2 Å². The van der Waals surface area contributed by atoms with Crippen LogP contribution in [-0.2, 0) is 16.1 Å². The monoisotopic (exact) mass is 348 g/mol. The summed E-state index contributed by atoms with van der Waals surface area (Å²) in [4.78, 5) is 20.4. The molecule has 0 unspecified atom stereocenters. The van der Waals surface area contributed by atoms with Crippen molar-refractivity contribution in [1.82, 2.24) is 10.5 Å². The van der Waals surface area contributed by atoms with Gasteiger partial charge in [0.25, 0.3) is 5.19 Å². The van der Waals surface area contributed by atoms with Crippen LogP contribution >= 0.6 is 22.9 Å². The Balaban J connectivity index is 1.70. The number of hydrogen-bond acceptors (Lipinski definition) is 5. The van der Waals surface area contributed by atoms with Gasteiger partial charge in [0.1, 0.15) is 5.75 Å². The molecule has 0 aliphatic rings. The number of carbonyl (C=O) groups excluding carboxylic acids is 1. The minimum absolute atomic E-state index is 0.204. The Labute approximate surface area is 141 Å². The topological polar surface area (TPSA) is 60.5 Å². The highest BCUT2D eigenvalue weighted by molar-refractivity contribution is 7.20. The molecule has 0 radical (unpaired) electrons. The molecule has 0 spiro atoms. The summed E-state index contributed by atoms with van der Waals surface area (Å²) in [5, 5.41) is 1.22. The molecule has 0 saturated carbocycles. The lowest BCUT2D eigenvalue weighted by Gasteiger charge is -2.04. The minimum Gasteiger partial charge on any atom is -0.431 e. The van der Waals surface area contributed by atoms with E-state index < -0.39 is 0 Å². The zero-order valence-electron chi connectivity index (χ0n) is 12.2. The van der Waals surface area contributed by atoms with Crippen LogP contribution in [0.4, 0.5) is 0 Å². The van der Waals surface area contributed by atoms with Gasteiger partial charge in [-0.3, -0.25) is 9.63 Å². The van der Waals surface area contributed by atoms with Gasteiger partial charge < -0.3 is 4.74 Å². The highest BCUT2D eigenvalue weighted by Crippen LogP contribution is 2.32. The SMILES string of the molecule is CONC(=O)Cc1ccc(Oc2nc3ccc(Cl)cc3s2)cc1. The molecular weight excluding hydrogens is 336 g/mol. The van der Waals surface area contributed by atoms with Crippen molar-refractivity contribution in [2.24, 2.45) is 0 Å². The average Bonchev–Trinajstić information content (AvgIpc) is 2.91. The van der Waals surface area contributed by atoms with Gasteiger partial charge in [0, 0.05) is 5.02 Å². The average molecular weight is 349 g/mol. The summed E-state index contributed by atoms with van der Waals surface area (Å²) in [6.07, 6.45) is 0.244. The van der Waals surface area contributed by atoms with E-state index in [-0.39, 0.29) is 12.3 Å². The smallest absolute Gasteiger partial charge is 0.279 e. The number of nitrogens with zero attached hydrogens (tertiary/aromatic N) is 1. The number of fused-ring (bicyclic) bond motifs is 1. The number of benzene rings is 2. The van der Waals surface area contributed by atoms with Gasteiger partial charge in [-0.2, -0.15) is 0 Å². The molecule has 0 bridgehead atoms. The van der Waals surface area contributed by atoms with E-state index in [0.29, 0.717) is 16.0 Å². The van der Waals surface area contributed by atoms with E-state index in [9.17, 15) is 4.79 Å². The third-order valence-corrected chi connectivity index (χ3v) is 4.17. The van der Waals surface area contributed by atoms with Gasteiger partial charge in [-0.15, -0.1) is 0 Å². The van der Waals surface area contributed by atoms with E-state index in [4.69, 9.17) is 16.3 Å². The van der Waals surface area contributed by atoms with E-state index in [0.717, 1.165) is 15.8 Å². The second-order valence-electron chi connectivity index (χ2n) is 4.74. The number of amides is 1. The fourth-order valence-corrected chi connectivity index (χ4v) is 3.14. The van der Waals surface area contributed by atoms with Crippen LogP contribution in [0.5, 0.6) is 10.9 Å². The number of hydroxylamine groups is 1. The summed E-state index contributed by atoms with van der Waals surface area (Å²) in [7, 11) is 1.40. The highest BCUT2D eigenvalue weighted by Gasteiger charge is 2.07. The summed E-state index contributed by atoms with van der Waals surface area (Å²) in [5.41, 5.74) is 3.99. The van der Waals surface area contributed by atoms with Gasteiger partial charge in [0.05, 0.1) is 23.7 Å². The van der Waals surface area contributed by atoms with Crippen LogP contribution in [0.2, 0.25) is 5.02 Å². The maximum absolute atomic E-state index is 11.4. The molecule has 1 heterocycles. The zero-order chi connectivity index (χ0) is 16.2. The second-order valence-corrected chi connectivity index (χ2v) is 6.17. The van der Waals surface area contributed by atoms with E-state index in [1.165, 1.54) is 18.4 Å². The first-order valence-corrected chi connectivity index (χ1v) is 7.98. The zero-order valence-corrected chi connectivity index (χ0v) is 13.8. The number of rotatable bonds is 5. The summed E-state index contributed by atoms with van der Waals surface area (Å²) in [6.45, 7) is 0. The first-order valence-electron chi connectivity index (χ1n) is 6.79. The van der Waals surface area contributed by atoms with E-state index >= 15 is 0 Å². The number of aromatic nitrogens is 1. The normalized spacial score (nSPS) is 10.7. The number of thiazole rings is 1. The van der Waals surface area contributed by atoms with Crippen molar-refractivity contribution in [2.45, 2.75) is 6.42 Å². The molecule has 1 N–H and O–H groups in total. The van der Waals surface area contributed by atoms with Crippen molar-refractivity contribution >= 4 is 39.1 Å². The van der Waals surface area contributed by atoms with Crippen LogP contribution < -0.4 is 10.2 Å². The fourth-order valence-electron chi connectivity index (χ4n) is 2.03. The quantitative estimate of drug-likeness (QED) is 0.709. The Morgan fingerprint density at radius 1 is 1.26 bits per heavy atom. The molecular formula is C16H13ClN2O3S. The van der Waals surface area contributed by atoms with Gasteiger partial charge >= 0.3 is 0 Å². The van der Waals surface area contributed by atoms with Crippen molar-refractivity contribution in [1.29, 1.82) is 0 Å². The largest absolute Gasteiger partial charge is 0.431 e. The molecule has 3 aromatic rings. The number of nitrogens with one attached hydrogen (secondary N) is 1. The molecule has 2 aromatic carbocycles. The lowest BCUT2D eigenvalue weighted by molar-refractivity contribution is -0.130. The molecule has 0 saturated heterocycles. The van der Waals surface area contributed by atoms with Gasteiger partial charge in [-0.05, 0) is 35.9 Å². The molecule has 3 rings (SSSR count). The van der Waals surface area contributed by atoms with Crippen LogP contribution in [0.25, 0.3) is 10.2 Å². The van der Waals surface area contributed by atoms with Crippen molar-refractivity contribution in [3.8, 4) is 10.9 Å². The molecule has 1 amide bonds. The van der Waals surface area contributed by atoms with Gasteiger partial charge in [0.15, 0.2) is 0 Å². The molecule has 7 heteroatoms. The van der Waals surface area contributed by atoms with E-state index in [1.807, 2.05) is 24.3 Å². The summed E-state index contributed by atoms with van der Waals surface area (Å²) < 4.78 is 6.72. The number of halogens is 1. The molecule has 1 aromatic heterocycles. The van der Waals surface area contributed by atoms with Crippen LogP contribution in [-0.4, -0.2) is 18.0 Å². The van der Waals surface area contributed by atoms with Gasteiger partial charge in [0.2, 0.25) is 5.91 Å². The highest BCUT2D eigenvalue weighted by atomic mass is 35.5. The van der Waals surface area contributed by atoms with Crippen LogP contribution in [0.1, 0.15) is 5.56 Å². The Morgan fingerprint density at radius 3 is 2.78 bits per heavy atom. The Hall–Kier alpha value is -2.15. The van der Waals surface area contributed by atoms with Crippen molar-refractivity contribution < 1.29 is 14.4 Å². The molecule has 0 fully saturated rings. The maximum Gasteiger partial charge on any atom is 0.279 e. The Bertz CT molecular complexity index is 833. The van der Waals surface area contributed by atoms with Crippen LogP contribution in [0, 0.1) is 0 Å². The Morgan fingerprint density at radius 2 is 2.04 bits per heavy atom. The van der Waals surface area contributed by atoms with Crippen LogP contribution in [0.15, 0.2) is 42.5 Å². The van der Waals surface area contributed by atoms with Crippen molar-refractivity contribution in [3.63, 3.8) is 0 Å². The molecule has 118 valence electrons. The fraction of sp³-hybridized carbons (Fsp3) is 0.125. The lowest BCUT2D eigenvalue weighted by Crippen LogP contribution is -2.23. The standard InChI is InChI=1S/C16H13ClN2O3S/c1-21-19-15(20)8-10-2-5-12(6-3-10)22-16-18-13-7-4-11(17)9-14(13)23-16/h2-7,9H,8H2,1H3,(H,19,20). The molecule has 0 aliphatic heterocycles. The summed E-state index contributed by atoms with van der Waals surface area (Å²) >= 11 is 7.40. The predicted octanol–water partition coefficient (Wildman–Crippen LogP) is 3.96. The number of hydrogen-bond donors (Lipinski definition) is 1. The van der Waals surface area contributed by atoms with Crippen molar-refractivity contribution in [2.75, 3.05) is 7.11 Å². The van der Waals surface area contributed by atoms with Gasteiger partial charge in [-0.1, -0.05) is 35.1 Å².